The van der Waals surface area contributed by atoms with E-state index in [2.05, 4.69) is 10.6 Å². The summed E-state index contributed by atoms with van der Waals surface area (Å²) in [7, 11) is 1.41. The van der Waals surface area contributed by atoms with E-state index >= 15 is 0 Å². The van der Waals surface area contributed by atoms with E-state index in [1.807, 2.05) is 36.4 Å². The smallest absolute Gasteiger partial charge is 0.414 e. The van der Waals surface area contributed by atoms with Crippen LogP contribution in [0, 0.1) is 11.8 Å². The van der Waals surface area contributed by atoms with Crippen LogP contribution in [0.1, 0.15) is 54.4 Å². The number of piperidine rings is 1. The molecule has 2 fully saturated rings. The molecule has 9 heteroatoms. The van der Waals surface area contributed by atoms with Crippen LogP contribution in [0.2, 0.25) is 0 Å². The van der Waals surface area contributed by atoms with Crippen molar-refractivity contribution in [1.29, 1.82) is 0 Å². The number of methoxy groups -OCH3 is 1. The van der Waals surface area contributed by atoms with Gasteiger partial charge in [0, 0.05) is 23.8 Å². The van der Waals surface area contributed by atoms with Gasteiger partial charge in [0.1, 0.15) is 6.61 Å². The summed E-state index contributed by atoms with van der Waals surface area (Å²) in [5.74, 6) is -0.0896. The number of hydrogen-bond donors (Lipinski definition) is 2. The van der Waals surface area contributed by atoms with Crippen LogP contribution < -0.4 is 15.5 Å². The minimum absolute atomic E-state index is 0. The third-order valence-corrected chi connectivity index (χ3v) is 7.34. The number of rotatable bonds is 8. The molecule has 1 saturated heterocycles. The van der Waals surface area contributed by atoms with Crippen molar-refractivity contribution in [3.63, 3.8) is 0 Å². The molecular formula is C29H38ClN3O5. The Morgan fingerprint density at radius 1 is 0.947 bits per heavy atom. The number of esters is 1. The largest absolute Gasteiger partial charge is 0.469 e. The molecule has 2 amide bonds. The van der Waals surface area contributed by atoms with Crippen molar-refractivity contribution >= 4 is 36.1 Å². The van der Waals surface area contributed by atoms with Gasteiger partial charge in [-0.25, -0.2) is 4.79 Å². The Hall–Kier alpha value is -3.10. The average molecular weight is 544 g/mol. The molecule has 0 radical (unpaired) electrons. The third kappa shape index (κ3) is 8.20. The van der Waals surface area contributed by atoms with Gasteiger partial charge < -0.3 is 20.1 Å². The topological polar surface area (TPSA) is 97.0 Å². The van der Waals surface area contributed by atoms with Gasteiger partial charge in [0.2, 0.25) is 0 Å². The Kier molecular flexibility index (Phi) is 11.4. The Bertz CT molecular complexity index is 1050. The lowest BCUT2D eigenvalue weighted by Crippen LogP contribution is -2.40. The summed E-state index contributed by atoms with van der Waals surface area (Å²) in [5.41, 5.74) is 2.07. The van der Waals surface area contributed by atoms with Gasteiger partial charge in [-0.1, -0.05) is 36.4 Å². The number of carbonyl (C=O) groups excluding carboxylic acids is 3. The molecule has 0 atom stereocenters. The second-order valence-corrected chi connectivity index (χ2v) is 9.94. The second kappa shape index (κ2) is 14.7. The first-order chi connectivity index (χ1) is 18.0. The van der Waals surface area contributed by atoms with Crippen LogP contribution in [0.3, 0.4) is 0 Å². The first-order valence-corrected chi connectivity index (χ1v) is 13.2. The van der Waals surface area contributed by atoms with E-state index in [9.17, 15) is 14.4 Å². The summed E-state index contributed by atoms with van der Waals surface area (Å²) in [6, 6.07) is 16.8. The van der Waals surface area contributed by atoms with Crippen LogP contribution in [-0.2, 0) is 20.9 Å². The zero-order valence-corrected chi connectivity index (χ0v) is 22.7. The predicted octanol–water partition coefficient (Wildman–Crippen LogP) is 4.71. The number of carbonyl (C=O) groups is 3. The Labute approximate surface area is 230 Å². The molecule has 0 spiro atoms. The lowest BCUT2D eigenvalue weighted by molar-refractivity contribution is -0.146. The zero-order valence-electron chi connectivity index (χ0n) is 21.9. The van der Waals surface area contributed by atoms with Gasteiger partial charge in [-0.3, -0.25) is 14.5 Å². The SMILES string of the molecule is COC(=O)C1CCC(NC(=O)c2cccc(N(CC3CCNCC3)C(=O)OCc3ccccc3)c2)CC1.Cl. The van der Waals surface area contributed by atoms with E-state index < -0.39 is 6.09 Å². The minimum atomic E-state index is -0.416. The van der Waals surface area contributed by atoms with Crippen molar-refractivity contribution in [3.05, 3.63) is 65.7 Å². The van der Waals surface area contributed by atoms with Gasteiger partial charge >= 0.3 is 12.1 Å². The third-order valence-electron chi connectivity index (χ3n) is 7.34. The molecule has 206 valence electrons. The standard InChI is InChI=1S/C29H37N3O5.ClH/c1-36-28(34)23-10-12-25(13-11-23)31-27(33)24-8-5-9-26(18-24)32(19-21-14-16-30-17-15-21)29(35)37-20-22-6-3-2-4-7-22;/h2-9,18,21,23,25,30H,10-17,19-20H2,1H3,(H,31,33);1H. The molecule has 1 heterocycles. The molecule has 2 N–H and O–H groups in total. The lowest BCUT2D eigenvalue weighted by Gasteiger charge is -2.30. The number of amides is 2. The van der Waals surface area contributed by atoms with E-state index in [0.717, 1.165) is 44.3 Å². The molecule has 2 aromatic carbocycles. The molecule has 0 bridgehead atoms. The molecule has 8 nitrogen and oxygen atoms in total. The molecule has 2 aliphatic rings. The molecule has 1 aliphatic carbocycles. The quantitative estimate of drug-likeness (QED) is 0.468. The van der Waals surface area contributed by atoms with Crippen LogP contribution >= 0.6 is 12.4 Å². The fraction of sp³-hybridized carbons (Fsp3) is 0.483. The van der Waals surface area contributed by atoms with Crippen LogP contribution in [0.4, 0.5) is 10.5 Å². The second-order valence-electron chi connectivity index (χ2n) is 9.94. The summed E-state index contributed by atoms with van der Waals surface area (Å²) >= 11 is 0. The summed E-state index contributed by atoms with van der Waals surface area (Å²) in [5, 5.41) is 6.47. The number of ether oxygens (including phenoxy) is 2. The van der Waals surface area contributed by atoms with Crippen LogP contribution in [0.5, 0.6) is 0 Å². The molecule has 2 aromatic rings. The minimum Gasteiger partial charge on any atom is -0.469 e. The van der Waals surface area contributed by atoms with Gasteiger partial charge in [-0.15, -0.1) is 12.4 Å². The average Bonchev–Trinajstić information content (AvgIpc) is 2.95. The van der Waals surface area contributed by atoms with Gasteiger partial charge in [-0.2, -0.15) is 0 Å². The molecule has 1 saturated carbocycles. The highest BCUT2D eigenvalue weighted by Gasteiger charge is 2.28. The number of anilines is 1. The number of hydrogen-bond acceptors (Lipinski definition) is 6. The van der Waals surface area contributed by atoms with E-state index in [-0.39, 0.29) is 42.9 Å². The van der Waals surface area contributed by atoms with Crippen LogP contribution in [0.15, 0.2) is 54.6 Å². The molecule has 38 heavy (non-hydrogen) atoms. The van der Waals surface area contributed by atoms with Gasteiger partial charge in [0.05, 0.1) is 13.0 Å². The zero-order chi connectivity index (χ0) is 26.0. The van der Waals surface area contributed by atoms with Crippen molar-refractivity contribution in [2.45, 2.75) is 51.2 Å². The molecular weight excluding hydrogens is 506 g/mol. The number of halogens is 1. The van der Waals surface area contributed by atoms with Crippen molar-refractivity contribution < 1.29 is 23.9 Å². The Morgan fingerprint density at radius 3 is 2.34 bits per heavy atom. The predicted molar refractivity (Wildman–Crippen MR) is 148 cm³/mol. The fourth-order valence-electron chi connectivity index (χ4n) is 5.13. The van der Waals surface area contributed by atoms with E-state index in [0.29, 0.717) is 36.6 Å². The molecule has 1 aliphatic heterocycles. The maximum atomic E-state index is 13.2. The summed E-state index contributed by atoms with van der Waals surface area (Å²) in [6.45, 7) is 2.59. The maximum absolute atomic E-state index is 13.2. The number of nitrogens with zero attached hydrogens (tertiary/aromatic N) is 1. The first kappa shape index (κ1) is 29.5. The van der Waals surface area contributed by atoms with E-state index in [1.165, 1.54) is 7.11 Å². The summed E-state index contributed by atoms with van der Waals surface area (Å²) in [6.07, 6.45) is 4.43. The Balaban J connectivity index is 0.00000400. The highest BCUT2D eigenvalue weighted by atomic mass is 35.5. The van der Waals surface area contributed by atoms with Crippen molar-refractivity contribution in [1.82, 2.24) is 10.6 Å². The van der Waals surface area contributed by atoms with Gasteiger partial charge in [-0.05, 0) is 81.3 Å². The Morgan fingerprint density at radius 2 is 1.66 bits per heavy atom. The number of benzene rings is 2. The summed E-state index contributed by atoms with van der Waals surface area (Å²) < 4.78 is 10.5. The van der Waals surface area contributed by atoms with Gasteiger partial charge in [0.15, 0.2) is 0 Å². The maximum Gasteiger partial charge on any atom is 0.414 e. The van der Waals surface area contributed by atoms with Gasteiger partial charge in [0.25, 0.3) is 5.91 Å². The van der Waals surface area contributed by atoms with Crippen LogP contribution in [-0.4, -0.2) is 50.8 Å². The molecule has 0 aromatic heterocycles. The van der Waals surface area contributed by atoms with Crippen molar-refractivity contribution in [3.8, 4) is 0 Å². The van der Waals surface area contributed by atoms with Crippen molar-refractivity contribution in [2.75, 3.05) is 31.6 Å². The highest BCUT2D eigenvalue weighted by molar-refractivity contribution is 5.97. The van der Waals surface area contributed by atoms with E-state index in [4.69, 9.17) is 9.47 Å². The number of nitrogens with one attached hydrogen (secondary N) is 2. The van der Waals surface area contributed by atoms with Crippen LogP contribution in [0.25, 0.3) is 0 Å². The highest BCUT2D eigenvalue weighted by Crippen LogP contribution is 2.26. The van der Waals surface area contributed by atoms with E-state index in [1.54, 1.807) is 23.1 Å². The molecule has 4 rings (SSSR count). The first-order valence-electron chi connectivity index (χ1n) is 13.2. The van der Waals surface area contributed by atoms with Crippen molar-refractivity contribution in [2.24, 2.45) is 11.8 Å². The lowest BCUT2D eigenvalue weighted by atomic mass is 9.86. The molecule has 0 unspecified atom stereocenters. The summed E-state index contributed by atoms with van der Waals surface area (Å²) in [4.78, 5) is 39.8. The monoisotopic (exact) mass is 543 g/mol. The normalized spacial score (nSPS) is 19.5. The fourth-order valence-corrected chi connectivity index (χ4v) is 5.13.